The van der Waals surface area contributed by atoms with Gasteiger partial charge in [-0.05, 0) is 28.8 Å². The molecule has 0 amide bonds. The van der Waals surface area contributed by atoms with Gasteiger partial charge in [-0.1, -0.05) is 0 Å². The van der Waals surface area contributed by atoms with Crippen LogP contribution in [0, 0.1) is 0 Å². The zero-order valence-corrected chi connectivity index (χ0v) is 9.57. The third-order valence-electron chi connectivity index (χ3n) is 2.33. The Kier molecular flexibility index (Phi) is 2.86. The second-order valence-corrected chi connectivity index (χ2v) is 4.09. The Morgan fingerprint density at radius 3 is 2.67 bits per heavy atom. The van der Waals surface area contributed by atoms with Crippen molar-refractivity contribution in [3.8, 4) is 0 Å². The largest absolute Gasteiger partial charge is 0.477 e. The summed E-state index contributed by atoms with van der Waals surface area (Å²) in [5.74, 6) is -0.342. The third kappa shape index (κ3) is 2.26. The minimum absolute atomic E-state index is 0.0266. The fraction of sp³-hybridized carbons (Fsp3) is 0.444. The average Bonchev–Trinajstić information content (AvgIpc) is 2.69. The smallest absolute Gasteiger partial charge is 0.354 e. The van der Waals surface area contributed by atoms with E-state index in [1.807, 2.05) is 0 Å². The summed E-state index contributed by atoms with van der Waals surface area (Å²) >= 11 is 3.12. The van der Waals surface area contributed by atoms with Gasteiger partial charge in [-0.15, -0.1) is 0 Å². The maximum Gasteiger partial charge on any atom is 0.354 e. The van der Waals surface area contributed by atoms with Crippen LogP contribution in [0.4, 0.5) is 5.82 Å². The molecule has 1 saturated heterocycles. The van der Waals surface area contributed by atoms with Gasteiger partial charge in [-0.25, -0.2) is 14.8 Å². The van der Waals surface area contributed by atoms with Crippen LogP contribution >= 0.6 is 15.9 Å². The molecule has 0 spiro atoms. The van der Waals surface area contributed by atoms with E-state index in [1.165, 1.54) is 6.07 Å². The molecular formula is C9H10BrN3O2. The molecule has 0 aromatic carbocycles. The van der Waals surface area contributed by atoms with Crippen LogP contribution in [0.5, 0.6) is 0 Å². The molecule has 0 saturated carbocycles. The number of nitrogens with zero attached hydrogens (tertiary/aromatic N) is 3. The molecule has 1 aromatic rings. The summed E-state index contributed by atoms with van der Waals surface area (Å²) in [5.41, 5.74) is 0.0266. The summed E-state index contributed by atoms with van der Waals surface area (Å²) in [6.07, 6.45) is 2.26. The molecule has 6 heteroatoms. The number of hydrogen-bond donors (Lipinski definition) is 1. The number of aromatic carboxylic acids is 1. The summed E-state index contributed by atoms with van der Waals surface area (Å²) in [6.45, 7) is 1.87. The van der Waals surface area contributed by atoms with Crippen molar-refractivity contribution in [2.75, 3.05) is 18.0 Å². The first-order valence-electron chi connectivity index (χ1n) is 4.69. The van der Waals surface area contributed by atoms with E-state index in [9.17, 15) is 4.79 Å². The molecule has 5 nitrogen and oxygen atoms in total. The monoisotopic (exact) mass is 271 g/mol. The molecule has 15 heavy (non-hydrogen) atoms. The van der Waals surface area contributed by atoms with Gasteiger partial charge in [-0.3, -0.25) is 0 Å². The van der Waals surface area contributed by atoms with Gasteiger partial charge in [0.25, 0.3) is 0 Å². The first kappa shape index (κ1) is 10.4. The van der Waals surface area contributed by atoms with E-state index in [1.54, 1.807) is 0 Å². The van der Waals surface area contributed by atoms with Crippen LogP contribution in [0.3, 0.4) is 0 Å². The normalized spacial score (nSPS) is 15.7. The molecule has 1 aliphatic rings. The van der Waals surface area contributed by atoms with Crippen molar-refractivity contribution in [3.63, 3.8) is 0 Å². The van der Waals surface area contributed by atoms with Crippen LogP contribution in [0.15, 0.2) is 10.8 Å². The van der Waals surface area contributed by atoms with Crippen LogP contribution < -0.4 is 4.90 Å². The maximum absolute atomic E-state index is 10.8. The molecule has 1 fully saturated rings. The number of halogens is 1. The van der Waals surface area contributed by atoms with Crippen molar-refractivity contribution < 1.29 is 9.90 Å². The van der Waals surface area contributed by atoms with Gasteiger partial charge in [0, 0.05) is 19.2 Å². The number of aromatic nitrogens is 2. The van der Waals surface area contributed by atoms with Crippen molar-refractivity contribution in [2.24, 2.45) is 0 Å². The van der Waals surface area contributed by atoms with Gasteiger partial charge in [0.1, 0.15) is 5.82 Å². The molecular weight excluding hydrogens is 262 g/mol. The van der Waals surface area contributed by atoms with Crippen LogP contribution in [-0.2, 0) is 0 Å². The zero-order chi connectivity index (χ0) is 10.8. The van der Waals surface area contributed by atoms with Crippen LogP contribution in [0.1, 0.15) is 23.3 Å². The van der Waals surface area contributed by atoms with Gasteiger partial charge in [0.15, 0.2) is 10.4 Å². The summed E-state index contributed by atoms with van der Waals surface area (Å²) in [4.78, 5) is 20.8. The minimum Gasteiger partial charge on any atom is -0.477 e. The lowest BCUT2D eigenvalue weighted by Gasteiger charge is -2.16. The number of carboxylic acid groups (broad SMARTS) is 1. The number of anilines is 1. The van der Waals surface area contributed by atoms with E-state index >= 15 is 0 Å². The topological polar surface area (TPSA) is 66.3 Å². The molecule has 0 unspecified atom stereocenters. The van der Waals surface area contributed by atoms with Gasteiger partial charge in [-0.2, -0.15) is 0 Å². The molecule has 80 valence electrons. The van der Waals surface area contributed by atoms with E-state index in [-0.39, 0.29) is 5.69 Å². The molecule has 2 heterocycles. The summed E-state index contributed by atoms with van der Waals surface area (Å²) in [6, 6.07) is 1.51. The predicted molar refractivity (Wildman–Crippen MR) is 58.1 cm³/mol. The van der Waals surface area contributed by atoms with Crippen LogP contribution in [0.2, 0.25) is 0 Å². The van der Waals surface area contributed by atoms with Crippen LogP contribution in [-0.4, -0.2) is 34.1 Å². The lowest BCUT2D eigenvalue weighted by molar-refractivity contribution is 0.0690. The van der Waals surface area contributed by atoms with E-state index in [0.717, 1.165) is 25.9 Å². The Morgan fingerprint density at radius 1 is 1.40 bits per heavy atom. The van der Waals surface area contributed by atoms with Crippen molar-refractivity contribution in [3.05, 3.63) is 16.5 Å². The highest BCUT2D eigenvalue weighted by Gasteiger charge is 2.17. The van der Waals surface area contributed by atoms with E-state index in [2.05, 4.69) is 30.8 Å². The number of carbonyl (C=O) groups is 1. The van der Waals surface area contributed by atoms with Crippen LogP contribution in [0.25, 0.3) is 0 Å². The highest BCUT2D eigenvalue weighted by molar-refractivity contribution is 9.10. The Morgan fingerprint density at radius 2 is 2.07 bits per heavy atom. The quantitative estimate of drug-likeness (QED) is 0.827. The maximum atomic E-state index is 10.8. The van der Waals surface area contributed by atoms with Crippen molar-refractivity contribution in [2.45, 2.75) is 12.8 Å². The molecule has 1 aromatic heterocycles. The number of carboxylic acids is 1. The minimum atomic E-state index is -1.03. The van der Waals surface area contributed by atoms with Crippen molar-refractivity contribution in [1.82, 2.24) is 9.97 Å². The SMILES string of the molecule is O=C(O)c1cc(N2CCCC2)nc(Br)n1. The molecule has 0 atom stereocenters. The van der Waals surface area contributed by atoms with Crippen molar-refractivity contribution >= 4 is 27.7 Å². The zero-order valence-electron chi connectivity index (χ0n) is 7.98. The Hall–Kier alpha value is -1.17. The third-order valence-corrected chi connectivity index (χ3v) is 2.69. The predicted octanol–water partition coefficient (Wildman–Crippen LogP) is 1.54. The molecule has 1 aliphatic heterocycles. The Labute approximate surface area is 95.3 Å². The summed E-state index contributed by atoms with van der Waals surface area (Å²) in [5, 5.41) is 8.85. The van der Waals surface area contributed by atoms with E-state index in [0.29, 0.717) is 10.6 Å². The Balaban J connectivity index is 2.34. The fourth-order valence-electron chi connectivity index (χ4n) is 1.62. The molecule has 2 rings (SSSR count). The second kappa shape index (κ2) is 4.14. The molecule has 0 bridgehead atoms. The Bertz CT molecular complexity index is 391. The lowest BCUT2D eigenvalue weighted by Crippen LogP contribution is -2.20. The lowest BCUT2D eigenvalue weighted by atomic mass is 10.4. The first-order chi connectivity index (χ1) is 7.16. The summed E-state index contributed by atoms with van der Waals surface area (Å²) in [7, 11) is 0. The van der Waals surface area contributed by atoms with E-state index in [4.69, 9.17) is 5.11 Å². The van der Waals surface area contributed by atoms with Gasteiger partial charge < -0.3 is 10.0 Å². The fourth-order valence-corrected chi connectivity index (χ4v) is 2.00. The highest BCUT2D eigenvalue weighted by atomic mass is 79.9. The standard InChI is InChI=1S/C9H10BrN3O2/c10-9-11-6(8(14)15)5-7(12-9)13-3-1-2-4-13/h5H,1-4H2,(H,14,15). The van der Waals surface area contributed by atoms with E-state index < -0.39 is 5.97 Å². The van der Waals surface area contributed by atoms with Gasteiger partial charge in [0.2, 0.25) is 0 Å². The highest BCUT2D eigenvalue weighted by Crippen LogP contribution is 2.20. The first-order valence-corrected chi connectivity index (χ1v) is 5.49. The number of hydrogen-bond acceptors (Lipinski definition) is 4. The molecule has 0 aliphatic carbocycles. The van der Waals surface area contributed by atoms with Gasteiger partial charge >= 0.3 is 5.97 Å². The second-order valence-electron chi connectivity index (χ2n) is 3.38. The number of rotatable bonds is 2. The summed E-state index contributed by atoms with van der Waals surface area (Å²) < 4.78 is 0.323. The molecule has 1 N–H and O–H groups in total. The molecule has 0 radical (unpaired) electrons. The van der Waals surface area contributed by atoms with Gasteiger partial charge in [0.05, 0.1) is 0 Å². The van der Waals surface area contributed by atoms with Crippen molar-refractivity contribution in [1.29, 1.82) is 0 Å². The average molecular weight is 272 g/mol.